The molecule has 33 heavy (non-hydrogen) atoms. The molecule has 4 saturated carbocycles. The van der Waals surface area contributed by atoms with Crippen molar-refractivity contribution in [2.45, 2.75) is 45.4 Å². The number of fused-ring (bicyclic) bond motifs is 1. The Morgan fingerprint density at radius 2 is 1.82 bits per heavy atom. The van der Waals surface area contributed by atoms with E-state index in [-0.39, 0.29) is 18.1 Å². The Morgan fingerprint density at radius 3 is 2.58 bits per heavy atom. The number of ether oxygens (including phenoxy) is 2. The van der Waals surface area contributed by atoms with Crippen LogP contribution < -0.4 is 14.8 Å². The van der Waals surface area contributed by atoms with Crippen molar-refractivity contribution < 1.29 is 14.3 Å². The fourth-order valence-electron chi connectivity index (χ4n) is 6.92. The number of anilines is 1. The summed E-state index contributed by atoms with van der Waals surface area (Å²) in [5.41, 5.74) is 2.47. The zero-order valence-electron chi connectivity index (χ0n) is 18.5. The molecule has 1 N–H and O–H groups in total. The van der Waals surface area contributed by atoms with Crippen molar-refractivity contribution in [1.82, 2.24) is 14.8 Å². The van der Waals surface area contributed by atoms with Gasteiger partial charge in [-0.15, -0.1) is 11.3 Å². The second kappa shape index (κ2) is 7.06. The fraction of sp³-hybridized carbons (Fsp3) is 0.480. The highest BCUT2D eigenvalue weighted by molar-refractivity contribution is 7.12. The van der Waals surface area contributed by atoms with Gasteiger partial charge in [0.05, 0.1) is 16.8 Å². The third-order valence-corrected chi connectivity index (χ3v) is 8.75. The van der Waals surface area contributed by atoms with E-state index >= 15 is 0 Å². The maximum atomic E-state index is 13.6. The molecule has 170 valence electrons. The first-order valence-electron chi connectivity index (χ1n) is 11.8. The molecule has 0 unspecified atom stereocenters. The summed E-state index contributed by atoms with van der Waals surface area (Å²) in [6.07, 6.45) is 7.11. The molecule has 3 aromatic rings. The second-order valence-corrected chi connectivity index (χ2v) is 11.2. The van der Waals surface area contributed by atoms with Gasteiger partial charge in [-0.25, -0.2) is 4.98 Å². The minimum atomic E-state index is -0.196. The summed E-state index contributed by atoms with van der Waals surface area (Å²) in [5.74, 6) is 4.58. The molecule has 0 radical (unpaired) electrons. The molecule has 3 heterocycles. The Morgan fingerprint density at radius 1 is 1.09 bits per heavy atom. The van der Waals surface area contributed by atoms with Crippen LogP contribution in [0, 0.1) is 30.1 Å². The highest BCUT2D eigenvalue weighted by Crippen LogP contribution is 2.60. The van der Waals surface area contributed by atoms with Crippen LogP contribution in [0.15, 0.2) is 29.6 Å². The van der Waals surface area contributed by atoms with Gasteiger partial charge in [0.2, 0.25) is 17.8 Å². The Bertz CT molecular complexity index is 1230. The minimum Gasteiger partial charge on any atom is -0.454 e. The van der Waals surface area contributed by atoms with E-state index in [1.54, 1.807) is 4.68 Å². The normalized spacial score (nSPS) is 28.9. The zero-order chi connectivity index (χ0) is 22.2. The van der Waals surface area contributed by atoms with E-state index in [4.69, 9.17) is 14.5 Å². The Balaban J connectivity index is 1.17. The highest BCUT2D eigenvalue weighted by Gasteiger charge is 2.54. The van der Waals surface area contributed by atoms with Gasteiger partial charge >= 0.3 is 0 Å². The molecule has 1 aliphatic heterocycles. The van der Waals surface area contributed by atoms with Crippen LogP contribution in [-0.4, -0.2) is 27.5 Å². The van der Waals surface area contributed by atoms with Crippen LogP contribution in [0.25, 0.3) is 16.4 Å². The number of carbonyl (C=O) groups is 1. The molecule has 8 rings (SSSR count). The monoisotopic (exact) mass is 462 g/mol. The lowest BCUT2D eigenvalue weighted by Crippen LogP contribution is -2.51. The number of hydrogen-bond acceptors (Lipinski definition) is 6. The van der Waals surface area contributed by atoms with E-state index in [0.29, 0.717) is 5.82 Å². The molecule has 4 bridgehead atoms. The summed E-state index contributed by atoms with van der Waals surface area (Å²) in [5, 5.41) is 10.7. The van der Waals surface area contributed by atoms with Gasteiger partial charge in [-0.3, -0.25) is 4.79 Å². The number of amides is 1. The summed E-state index contributed by atoms with van der Waals surface area (Å²) in [6.45, 7) is 2.20. The van der Waals surface area contributed by atoms with Crippen molar-refractivity contribution in [3.63, 3.8) is 0 Å². The maximum Gasteiger partial charge on any atom is 0.231 e. The molecule has 1 aromatic carbocycles. The predicted molar refractivity (Wildman–Crippen MR) is 125 cm³/mol. The number of aryl methyl sites for hydroxylation is 1. The number of hydrogen-bond donors (Lipinski definition) is 1. The minimum absolute atomic E-state index is 0.176. The molecule has 0 spiro atoms. The molecule has 0 atom stereocenters. The lowest BCUT2D eigenvalue weighted by atomic mass is 9.49. The molecule has 0 saturated heterocycles. The van der Waals surface area contributed by atoms with Crippen LogP contribution in [0.3, 0.4) is 0 Å². The van der Waals surface area contributed by atoms with Crippen LogP contribution in [0.4, 0.5) is 5.82 Å². The number of aromatic nitrogens is 3. The summed E-state index contributed by atoms with van der Waals surface area (Å²) in [6, 6.07) is 7.79. The Hall–Kier alpha value is -2.87. The molecule has 5 aliphatic rings. The predicted octanol–water partition coefficient (Wildman–Crippen LogP) is 5.19. The first kappa shape index (κ1) is 19.6. The van der Waals surface area contributed by atoms with Gasteiger partial charge in [-0.05, 0) is 81.4 Å². The highest BCUT2D eigenvalue weighted by atomic mass is 32.1. The van der Waals surface area contributed by atoms with Gasteiger partial charge in [0.1, 0.15) is 5.82 Å². The van der Waals surface area contributed by atoms with E-state index in [2.05, 4.69) is 10.4 Å². The van der Waals surface area contributed by atoms with Crippen LogP contribution in [-0.2, 0) is 4.79 Å². The second-order valence-electron chi connectivity index (χ2n) is 10.3. The molecule has 1 amide bonds. The number of benzene rings is 1. The summed E-state index contributed by atoms with van der Waals surface area (Å²) in [4.78, 5) is 18.4. The third kappa shape index (κ3) is 3.18. The number of rotatable bonds is 4. The maximum absolute atomic E-state index is 13.6. The van der Waals surface area contributed by atoms with Crippen molar-refractivity contribution in [3.8, 4) is 27.9 Å². The van der Waals surface area contributed by atoms with Crippen LogP contribution >= 0.6 is 11.3 Å². The van der Waals surface area contributed by atoms with E-state index in [1.165, 1.54) is 30.6 Å². The average molecular weight is 463 g/mol. The van der Waals surface area contributed by atoms with Crippen molar-refractivity contribution in [3.05, 3.63) is 35.3 Å². The smallest absolute Gasteiger partial charge is 0.231 e. The van der Waals surface area contributed by atoms with E-state index < -0.39 is 0 Å². The lowest BCUT2D eigenvalue weighted by Gasteiger charge is -2.55. The van der Waals surface area contributed by atoms with Crippen molar-refractivity contribution in [2.24, 2.45) is 23.2 Å². The summed E-state index contributed by atoms with van der Waals surface area (Å²) >= 11 is 1.51. The molecule has 4 aliphatic carbocycles. The van der Waals surface area contributed by atoms with E-state index in [9.17, 15) is 4.79 Å². The average Bonchev–Trinajstić information content (AvgIpc) is 3.51. The van der Waals surface area contributed by atoms with Crippen molar-refractivity contribution in [1.29, 1.82) is 0 Å². The first-order valence-corrected chi connectivity index (χ1v) is 12.7. The van der Waals surface area contributed by atoms with Gasteiger partial charge < -0.3 is 14.8 Å². The summed E-state index contributed by atoms with van der Waals surface area (Å²) in [7, 11) is 0. The van der Waals surface area contributed by atoms with E-state index in [0.717, 1.165) is 70.6 Å². The Labute approximate surface area is 196 Å². The molecular weight excluding hydrogens is 436 g/mol. The van der Waals surface area contributed by atoms with Gasteiger partial charge in [0.15, 0.2) is 11.5 Å². The fourth-order valence-corrected chi connectivity index (χ4v) is 7.72. The zero-order valence-corrected chi connectivity index (χ0v) is 19.4. The number of carbonyl (C=O) groups excluding carboxylic acids is 1. The van der Waals surface area contributed by atoms with Crippen LogP contribution in [0.2, 0.25) is 0 Å². The van der Waals surface area contributed by atoms with Gasteiger partial charge in [-0.2, -0.15) is 9.78 Å². The quantitative estimate of drug-likeness (QED) is 0.577. The largest absolute Gasteiger partial charge is 0.454 e. The molecular formula is C25H26N4O3S. The van der Waals surface area contributed by atoms with Gasteiger partial charge in [0, 0.05) is 17.0 Å². The molecule has 2 aromatic heterocycles. The van der Waals surface area contributed by atoms with Crippen LogP contribution in [0.5, 0.6) is 11.5 Å². The molecule has 7 nitrogen and oxygen atoms in total. The number of nitrogens with one attached hydrogen (secondary N) is 1. The number of nitrogens with zero attached hydrogens (tertiary/aromatic N) is 3. The van der Waals surface area contributed by atoms with Gasteiger partial charge in [-0.1, -0.05) is 0 Å². The molecule has 8 heteroatoms. The molecule has 4 fully saturated rings. The lowest BCUT2D eigenvalue weighted by molar-refractivity contribution is -0.140. The standard InChI is InChI=1S/C25H26N4O3S/c1-14-4-22(27-23(30)25-9-15-5-16(10-25)7-17(6-15)11-25)29(28-14)24-26-19(12-33-24)18-2-3-20-21(8-18)32-13-31-20/h2-4,8,12,15-17H,5-7,9-11,13H2,1H3,(H,27,30). The Kier molecular flexibility index (Phi) is 4.19. The van der Waals surface area contributed by atoms with Crippen molar-refractivity contribution >= 4 is 23.1 Å². The SMILES string of the molecule is Cc1cc(NC(=O)C23CC4CC(CC(C4)C2)C3)n(-c2nc(-c3ccc4c(c3)OCO4)cs2)n1. The first-order chi connectivity index (χ1) is 16.0. The van der Waals surface area contributed by atoms with Crippen LogP contribution in [0.1, 0.15) is 44.2 Å². The third-order valence-electron chi connectivity index (χ3n) is 7.93. The van der Waals surface area contributed by atoms with E-state index in [1.807, 2.05) is 36.6 Å². The van der Waals surface area contributed by atoms with Gasteiger partial charge in [0.25, 0.3) is 0 Å². The van der Waals surface area contributed by atoms with Crippen molar-refractivity contribution in [2.75, 3.05) is 12.1 Å². The topological polar surface area (TPSA) is 78.3 Å². The number of thiazole rings is 1. The summed E-state index contributed by atoms with van der Waals surface area (Å²) < 4.78 is 12.7.